The average molecular weight is 379 g/mol. The number of nitro benzene ring substituents is 1. The van der Waals surface area contributed by atoms with Crippen LogP contribution in [0.1, 0.15) is 0 Å². The third-order valence-corrected chi connectivity index (χ3v) is 4.80. The van der Waals surface area contributed by atoms with Gasteiger partial charge in [-0.25, -0.2) is 0 Å². The molecule has 0 atom stereocenters. The summed E-state index contributed by atoms with van der Waals surface area (Å²) < 4.78 is 12.8. The van der Waals surface area contributed by atoms with Crippen molar-refractivity contribution in [3.05, 3.63) is 64.9 Å². The van der Waals surface area contributed by atoms with Crippen LogP contribution in [0.4, 0.5) is 5.69 Å². The summed E-state index contributed by atoms with van der Waals surface area (Å²) in [6, 6.07) is 13.3. The Kier molecular flexibility index (Phi) is 3.37. The van der Waals surface area contributed by atoms with E-state index < -0.39 is 4.92 Å². The van der Waals surface area contributed by atoms with Crippen LogP contribution in [-0.4, -0.2) is 24.7 Å². The van der Waals surface area contributed by atoms with Gasteiger partial charge >= 0.3 is 0 Å². The topological polar surface area (TPSA) is 112 Å². The van der Waals surface area contributed by atoms with Crippen molar-refractivity contribution in [3.8, 4) is 33.7 Å². The Hall–Kier alpha value is -3.79. The first-order valence-corrected chi connectivity index (χ1v) is 8.62. The van der Waals surface area contributed by atoms with Gasteiger partial charge < -0.3 is 8.83 Å². The second-order valence-electron chi connectivity index (χ2n) is 5.57. The van der Waals surface area contributed by atoms with E-state index in [1.165, 1.54) is 23.5 Å². The van der Waals surface area contributed by atoms with Crippen molar-refractivity contribution < 1.29 is 13.8 Å². The van der Waals surface area contributed by atoms with E-state index in [0.717, 1.165) is 0 Å². The van der Waals surface area contributed by atoms with Crippen LogP contribution in [0.25, 0.3) is 38.6 Å². The summed E-state index contributed by atoms with van der Waals surface area (Å²) in [5.41, 5.74) is 0.627. The number of hydrogen-bond donors (Lipinski definition) is 0. The summed E-state index contributed by atoms with van der Waals surface area (Å²) in [5, 5.41) is 24.3. The molecule has 27 heavy (non-hydrogen) atoms. The normalized spacial score (nSPS) is 11.3. The Morgan fingerprint density at radius 1 is 1.04 bits per heavy atom. The third kappa shape index (κ3) is 2.59. The highest BCUT2D eigenvalue weighted by molar-refractivity contribution is 7.19. The minimum atomic E-state index is -0.438. The van der Waals surface area contributed by atoms with E-state index in [1.807, 2.05) is 0 Å². The molecule has 0 spiro atoms. The van der Waals surface area contributed by atoms with Crippen LogP contribution in [0.3, 0.4) is 0 Å². The zero-order chi connectivity index (χ0) is 18.4. The fraction of sp³-hybridized carbons (Fsp3) is 0. The first-order chi connectivity index (χ1) is 13.2. The molecule has 0 aliphatic heterocycles. The third-order valence-electron chi connectivity index (χ3n) is 3.89. The second-order valence-corrected chi connectivity index (χ2v) is 6.53. The molecule has 0 unspecified atom stereocenters. The molecule has 1 aromatic carbocycles. The lowest BCUT2D eigenvalue weighted by Crippen LogP contribution is -1.89. The maximum Gasteiger partial charge on any atom is 0.270 e. The highest BCUT2D eigenvalue weighted by atomic mass is 32.1. The zero-order valence-electron chi connectivity index (χ0n) is 13.5. The predicted octanol–water partition coefficient (Wildman–Crippen LogP) is 4.28. The quantitative estimate of drug-likeness (QED) is 0.338. The summed E-state index contributed by atoms with van der Waals surface area (Å²) in [5.74, 6) is 2.13. The van der Waals surface area contributed by atoms with Crippen LogP contribution in [0.15, 0.2) is 63.6 Å². The standard InChI is InChI=1S/C17H9N5O4S/c23-22(24)11-4-1-3-10(9-11)12-6-7-14(26-12)16-20-21-15(13-5-2-8-25-13)18-19-17(21)27-16/h1-9H. The number of nitrogens with zero attached hydrogens (tertiary/aromatic N) is 5. The molecule has 0 amide bonds. The number of non-ortho nitro benzene ring substituents is 1. The van der Waals surface area contributed by atoms with Crippen LogP contribution >= 0.6 is 11.3 Å². The van der Waals surface area contributed by atoms with Gasteiger partial charge in [0, 0.05) is 17.7 Å². The van der Waals surface area contributed by atoms with Crippen LogP contribution in [0.2, 0.25) is 0 Å². The Morgan fingerprint density at radius 3 is 2.74 bits per heavy atom. The first-order valence-electron chi connectivity index (χ1n) is 7.80. The van der Waals surface area contributed by atoms with Crippen LogP contribution in [0, 0.1) is 10.1 Å². The number of aromatic nitrogens is 4. The average Bonchev–Trinajstić information content (AvgIpc) is 3.43. The van der Waals surface area contributed by atoms with Gasteiger partial charge in [0.2, 0.25) is 10.8 Å². The van der Waals surface area contributed by atoms with E-state index in [-0.39, 0.29) is 5.69 Å². The monoisotopic (exact) mass is 379 g/mol. The van der Waals surface area contributed by atoms with Gasteiger partial charge in [-0.3, -0.25) is 10.1 Å². The van der Waals surface area contributed by atoms with Gasteiger partial charge in [0.15, 0.2) is 16.5 Å². The van der Waals surface area contributed by atoms with Crippen molar-refractivity contribution in [1.29, 1.82) is 0 Å². The largest absolute Gasteiger partial charge is 0.461 e. The summed E-state index contributed by atoms with van der Waals surface area (Å²) in [6.45, 7) is 0. The maximum absolute atomic E-state index is 11.0. The van der Waals surface area contributed by atoms with Crippen LogP contribution < -0.4 is 0 Å². The van der Waals surface area contributed by atoms with Gasteiger partial charge in [0.05, 0.1) is 11.2 Å². The van der Waals surface area contributed by atoms with Crippen molar-refractivity contribution in [2.75, 3.05) is 0 Å². The summed E-state index contributed by atoms with van der Waals surface area (Å²) in [6.07, 6.45) is 1.56. The Morgan fingerprint density at radius 2 is 1.93 bits per heavy atom. The van der Waals surface area contributed by atoms with Gasteiger partial charge in [-0.2, -0.15) is 4.52 Å². The number of hydrogen-bond acceptors (Lipinski definition) is 8. The Bertz CT molecular complexity index is 1270. The molecule has 0 fully saturated rings. The van der Waals surface area contributed by atoms with Gasteiger partial charge in [-0.05, 0) is 24.3 Å². The summed E-state index contributed by atoms with van der Waals surface area (Å²) >= 11 is 1.32. The number of nitro groups is 1. The van der Waals surface area contributed by atoms with E-state index in [9.17, 15) is 10.1 Å². The van der Waals surface area contributed by atoms with E-state index in [1.54, 1.807) is 47.2 Å². The predicted molar refractivity (Wildman–Crippen MR) is 96.2 cm³/mol. The highest BCUT2D eigenvalue weighted by Crippen LogP contribution is 2.33. The van der Waals surface area contributed by atoms with E-state index >= 15 is 0 Å². The molecule has 5 aromatic rings. The molecule has 9 nitrogen and oxygen atoms in total. The van der Waals surface area contributed by atoms with Gasteiger partial charge in [-0.15, -0.1) is 15.3 Å². The molecule has 0 aliphatic rings. The first kappa shape index (κ1) is 15.5. The number of benzene rings is 1. The van der Waals surface area contributed by atoms with Crippen molar-refractivity contribution in [2.24, 2.45) is 0 Å². The van der Waals surface area contributed by atoms with Gasteiger partial charge in [0.25, 0.3) is 5.69 Å². The van der Waals surface area contributed by atoms with Gasteiger partial charge in [-0.1, -0.05) is 23.5 Å². The lowest BCUT2D eigenvalue weighted by Gasteiger charge is -1.97. The van der Waals surface area contributed by atoms with Crippen LogP contribution in [-0.2, 0) is 0 Å². The Balaban J connectivity index is 1.53. The number of rotatable bonds is 4. The molecular weight excluding hydrogens is 370 g/mol. The molecule has 4 aromatic heterocycles. The summed E-state index contributed by atoms with van der Waals surface area (Å²) in [4.78, 5) is 11.1. The van der Waals surface area contributed by atoms with E-state index in [4.69, 9.17) is 8.83 Å². The highest BCUT2D eigenvalue weighted by Gasteiger charge is 2.18. The summed E-state index contributed by atoms with van der Waals surface area (Å²) in [7, 11) is 0. The molecule has 5 rings (SSSR count). The molecule has 10 heteroatoms. The number of furan rings is 2. The van der Waals surface area contributed by atoms with Gasteiger partial charge in [0.1, 0.15) is 5.76 Å². The lowest BCUT2D eigenvalue weighted by molar-refractivity contribution is -0.384. The molecular formula is C17H9N5O4S. The fourth-order valence-electron chi connectivity index (χ4n) is 2.66. The minimum absolute atomic E-state index is 0.00679. The minimum Gasteiger partial charge on any atom is -0.461 e. The van der Waals surface area contributed by atoms with Crippen molar-refractivity contribution >= 4 is 22.0 Å². The lowest BCUT2D eigenvalue weighted by atomic mass is 10.1. The van der Waals surface area contributed by atoms with Crippen molar-refractivity contribution in [2.45, 2.75) is 0 Å². The Labute approximate surface area is 154 Å². The maximum atomic E-state index is 11.0. The molecule has 0 saturated carbocycles. The van der Waals surface area contributed by atoms with Crippen molar-refractivity contribution in [3.63, 3.8) is 0 Å². The zero-order valence-corrected chi connectivity index (χ0v) is 14.3. The SMILES string of the molecule is O=[N+]([O-])c1cccc(-c2ccc(-c3nn4c(-c5ccco5)nnc4s3)o2)c1. The van der Waals surface area contributed by atoms with E-state index in [2.05, 4.69) is 15.3 Å². The molecule has 0 aliphatic carbocycles. The molecule has 0 bridgehead atoms. The second kappa shape index (κ2) is 5.88. The smallest absolute Gasteiger partial charge is 0.270 e. The van der Waals surface area contributed by atoms with Crippen molar-refractivity contribution in [1.82, 2.24) is 19.8 Å². The number of fused-ring (bicyclic) bond motifs is 1. The molecule has 0 radical (unpaired) electrons. The van der Waals surface area contributed by atoms with E-state index in [0.29, 0.717) is 38.6 Å². The molecule has 132 valence electrons. The molecule has 0 saturated heterocycles. The molecule has 0 N–H and O–H groups in total. The molecule has 4 heterocycles. The fourth-order valence-corrected chi connectivity index (χ4v) is 3.46. The van der Waals surface area contributed by atoms with Crippen LogP contribution in [0.5, 0.6) is 0 Å².